The zero-order valence-electron chi connectivity index (χ0n) is 10.3. The summed E-state index contributed by atoms with van der Waals surface area (Å²) in [5.74, 6) is -1.12. The van der Waals surface area contributed by atoms with Crippen LogP contribution in [0.2, 0.25) is 0 Å². The van der Waals surface area contributed by atoms with E-state index >= 15 is 0 Å². The second kappa shape index (κ2) is 7.99. The molecule has 0 unspecified atom stereocenters. The minimum absolute atomic E-state index is 0.204. The average molecular weight is 266 g/mol. The Bertz CT molecular complexity index is 446. The van der Waals surface area contributed by atoms with E-state index < -0.39 is 5.91 Å². The van der Waals surface area contributed by atoms with E-state index in [4.69, 9.17) is 4.74 Å². The van der Waals surface area contributed by atoms with Gasteiger partial charge in [-0.1, -0.05) is 6.08 Å². The van der Waals surface area contributed by atoms with Gasteiger partial charge >= 0.3 is 0 Å². The molecular weight excluding hydrogens is 251 g/mol. The summed E-state index contributed by atoms with van der Waals surface area (Å²) in [5.41, 5.74) is 0.464. The fraction of sp³-hybridized carbons (Fsp3) is 0.231. The number of carbonyl (C=O) groups excluding carboxylic acids is 2. The molecule has 0 fully saturated rings. The number of hydrogen-bond acceptors (Lipinski definition) is 3. The molecule has 2 N–H and O–H groups in total. The number of benzene rings is 1. The van der Waals surface area contributed by atoms with E-state index in [2.05, 4.69) is 17.2 Å². The van der Waals surface area contributed by atoms with Crippen LogP contribution in [0.5, 0.6) is 0 Å². The van der Waals surface area contributed by atoms with Crippen molar-refractivity contribution >= 4 is 17.5 Å². The van der Waals surface area contributed by atoms with Gasteiger partial charge < -0.3 is 15.4 Å². The smallest absolute Gasteiger partial charge is 0.250 e. The standard InChI is InChI=1S/C13H15FN2O3/c1-2-7-15-12(17)8-19-9-13(18)16-11-5-3-10(14)4-6-11/h2-6H,1,7-9H2,(H,15,17)(H,16,18). The van der Waals surface area contributed by atoms with Crippen molar-refractivity contribution in [1.29, 1.82) is 0 Å². The average Bonchev–Trinajstić information content (AvgIpc) is 2.39. The van der Waals surface area contributed by atoms with Gasteiger partial charge in [-0.2, -0.15) is 0 Å². The van der Waals surface area contributed by atoms with Crippen LogP contribution in [0.1, 0.15) is 0 Å². The molecule has 1 aromatic rings. The van der Waals surface area contributed by atoms with Gasteiger partial charge in [-0.05, 0) is 24.3 Å². The molecule has 5 nitrogen and oxygen atoms in total. The zero-order valence-corrected chi connectivity index (χ0v) is 10.3. The maximum absolute atomic E-state index is 12.6. The van der Waals surface area contributed by atoms with Crippen molar-refractivity contribution in [3.63, 3.8) is 0 Å². The number of carbonyl (C=O) groups is 2. The molecular formula is C13H15FN2O3. The van der Waals surface area contributed by atoms with Crippen molar-refractivity contribution in [1.82, 2.24) is 5.32 Å². The predicted molar refractivity (Wildman–Crippen MR) is 69.1 cm³/mol. The number of halogens is 1. The SMILES string of the molecule is C=CCNC(=O)COCC(=O)Nc1ccc(F)cc1. The van der Waals surface area contributed by atoms with Gasteiger partial charge in [0.25, 0.3) is 0 Å². The molecule has 0 heterocycles. The second-order valence-corrected chi connectivity index (χ2v) is 3.64. The summed E-state index contributed by atoms with van der Waals surface area (Å²) in [6, 6.07) is 5.34. The molecule has 0 aliphatic carbocycles. The van der Waals surface area contributed by atoms with E-state index in [-0.39, 0.29) is 24.9 Å². The fourth-order valence-electron chi connectivity index (χ4n) is 1.20. The van der Waals surface area contributed by atoms with Gasteiger partial charge in [-0.25, -0.2) is 4.39 Å². The first-order chi connectivity index (χ1) is 9.11. The van der Waals surface area contributed by atoms with E-state index in [9.17, 15) is 14.0 Å². The predicted octanol–water partition coefficient (Wildman–Crippen LogP) is 1.08. The number of anilines is 1. The number of rotatable bonds is 7. The summed E-state index contributed by atoms with van der Waals surface area (Å²) in [6.07, 6.45) is 1.54. The molecule has 2 amide bonds. The molecule has 6 heteroatoms. The topological polar surface area (TPSA) is 67.4 Å². The first kappa shape index (κ1) is 14.8. The molecule has 0 saturated carbocycles. The minimum Gasteiger partial charge on any atom is -0.362 e. The summed E-state index contributed by atoms with van der Waals surface area (Å²) in [7, 11) is 0. The molecule has 0 aliphatic rings. The van der Waals surface area contributed by atoms with Crippen LogP contribution >= 0.6 is 0 Å². The third kappa shape index (κ3) is 6.32. The lowest BCUT2D eigenvalue weighted by molar-refractivity contribution is -0.128. The maximum Gasteiger partial charge on any atom is 0.250 e. The molecule has 0 aromatic heterocycles. The van der Waals surface area contributed by atoms with E-state index in [1.54, 1.807) is 6.08 Å². The molecule has 0 aliphatic heterocycles. The van der Waals surface area contributed by atoms with Crippen molar-refractivity contribution in [2.24, 2.45) is 0 Å². The summed E-state index contributed by atoms with van der Waals surface area (Å²) >= 11 is 0. The lowest BCUT2D eigenvalue weighted by atomic mass is 10.3. The molecule has 1 rings (SSSR count). The monoisotopic (exact) mass is 266 g/mol. The van der Waals surface area contributed by atoms with Gasteiger partial charge in [-0.3, -0.25) is 9.59 Å². The van der Waals surface area contributed by atoms with Crippen LogP contribution in [0.4, 0.5) is 10.1 Å². The van der Waals surface area contributed by atoms with Crippen molar-refractivity contribution in [2.45, 2.75) is 0 Å². The molecule has 0 atom stereocenters. The first-order valence-electron chi connectivity index (χ1n) is 5.62. The van der Waals surface area contributed by atoms with E-state index in [0.717, 1.165) is 0 Å². The molecule has 1 aromatic carbocycles. The third-order valence-electron chi connectivity index (χ3n) is 2.04. The maximum atomic E-state index is 12.6. The van der Waals surface area contributed by atoms with Gasteiger partial charge in [0.15, 0.2) is 0 Å². The second-order valence-electron chi connectivity index (χ2n) is 3.64. The van der Waals surface area contributed by atoms with Crippen LogP contribution in [0.15, 0.2) is 36.9 Å². The number of ether oxygens (including phenoxy) is 1. The van der Waals surface area contributed by atoms with Crippen LogP contribution in [-0.4, -0.2) is 31.6 Å². The highest BCUT2D eigenvalue weighted by Crippen LogP contribution is 2.07. The highest BCUT2D eigenvalue weighted by molar-refractivity contribution is 5.91. The van der Waals surface area contributed by atoms with Crippen molar-refractivity contribution in [3.05, 3.63) is 42.7 Å². The minimum atomic E-state index is -0.414. The van der Waals surface area contributed by atoms with Crippen molar-refractivity contribution < 1.29 is 18.7 Å². The third-order valence-corrected chi connectivity index (χ3v) is 2.04. The number of hydrogen-bond donors (Lipinski definition) is 2. The number of amides is 2. The molecule has 102 valence electrons. The molecule has 19 heavy (non-hydrogen) atoms. The van der Waals surface area contributed by atoms with Crippen LogP contribution in [0, 0.1) is 5.82 Å². The largest absolute Gasteiger partial charge is 0.362 e. The summed E-state index contributed by atoms with van der Waals surface area (Å²) < 4.78 is 17.5. The Morgan fingerprint density at radius 2 is 1.84 bits per heavy atom. The Morgan fingerprint density at radius 3 is 2.47 bits per heavy atom. The Labute approximate surface area is 110 Å². The summed E-state index contributed by atoms with van der Waals surface area (Å²) in [5, 5.41) is 5.01. The van der Waals surface area contributed by atoms with Crippen LogP contribution < -0.4 is 10.6 Å². The van der Waals surface area contributed by atoms with Crippen LogP contribution in [0.25, 0.3) is 0 Å². The van der Waals surface area contributed by atoms with Gasteiger partial charge in [-0.15, -0.1) is 6.58 Å². The Balaban J connectivity index is 2.22. The highest BCUT2D eigenvalue weighted by atomic mass is 19.1. The van der Waals surface area contributed by atoms with Crippen molar-refractivity contribution in [2.75, 3.05) is 25.1 Å². The van der Waals surface area contributed by atoms with Gasteiger partial charge in [0.05, 0.1) is 0 Å². The molecule has 0 radical (unpaired) electrons. The lowest BCUT2D eigenvalue weighted by Crippen LogP contribution is -2.29. The molecule has 0 spiro atoms. The quantitative estimate of drug-likeness (QED) is 0.726. The Kier molecular flexibility index (Phi) is 6.25. The normalized spacial score (nSPS) is 9.74. The first-order valence-corrected chi connectivity index (χ1v) is 5.62. The van der Waals surface area contributed by atoms with Crippen molar-refractivity contribution in [3.8, 4) is 0 Å². The molecule has 0 bridgehead atoms. The Morgan fingerprint density at radius 1 is 1.21 bits per heavy atom. The highest BCUT2D eigenvalue weighted by Gasteiger charge is 2.05. The summed E-state index contributed by atoms with van der Waals surface area (Å²) in [6.45, 7) is 3.34. The van der Waals surface area contributed by atoms with E-state index in [1.807, 2.05) is 0 Å². The summed E-state index contributed by atoms with van der Waals surface area (Å²) in [4.78, 5) is 22.5. The Hall–Kier alpha value is -2.21. The fourth-order valence-corrected chi connectivity index (χ4v) is 1.20. The zero-order chi connectivity index (χ0) is 14.1. The van der Waals surface area contributed by atoms with E-state index in [0.29, 0.717) is 12.2 Å². The van der Waals surface area contributed by atoms with Gasteiger partial charge in [0.2, 0.25) is 11.8 Å². The number of nitrogens with one attached hydrogen (secondary N) is 2. The van der Waals surface area contributed by atoms with Crippen LogP contribution in [-0.2, 0) is 14.3 Å². The van der Waals surface area contributed by atoms with Crippen LogP contribution in [0.3, 0.4) is 0 Å². The molecule has 0 saturated heterocycles. The van der Waals surface area contributed by atoms with Gasteiger partial charge in [0.1, 0.15) is 19.0 Å². The van der Waals surface area contributed by atoms with E-state index in [1.165, 1.54) is 24.3 Å². The lowest BCUT2D eigenvalue weighted by Gasteiger charge is -2.06. The van der Waals surface area contributed by atoms with Gasteiger partial charge in [0, 0.05) is 12.2 Å².